The summed E-state index contributed by atoms with van der Waals surface area (Å²) in [5.74, 6) is -0.266. The first-order valence-electron chi connectivity index (χ1n) is 7.88. The summed E-state index contributed by atoms with van der Waals surface area (Å²) in [6.07, 6.45) is 3.39. The van der Waals surface area contributed by atoms with Gasteiger partial charge in [-0.3, -0.25) is 4.79 Å². The van der Waals surface area contributed by atoms with Crippen LogP contribution in [0.1, 0.15) is 43.2 Å². The Hall–Kier alpha value is -1.81. The van der Waals surface area contributed by atoms with Gasteiger partial charge in [0.2, 0.25) is 0 Å². The van der Waals surface area contributed by atoms with E-state index < -0.39 is 17.5 Å². The Morgan fingerprint density at radius 3 is 2.65 bits per heavy atom. The van der Waals surface area contributed by atoms with Crippen molar-refractivity contribution in [3.8, 4) is 0 Å². The van der Waals surface area contributed by atoms with Crippen molar-refractivity contribution in [2.24, 2.45) is 0 Å². The van der Waals surface area contributed by atoms with Crippen LogP contribution < -0.4 is 0 Å². The number of alkyl halides is 1. The molecule has 1 aliphatic carbocycles. The maximum absolute atomic E-state index is 12.5. The van der Waals surface area contributed by atoms with Crippen LogP contribution in [0.15, 0.2) is 30.0 Å². The number of halogens is 1. The first-order chi connectivity index (χ1) is 11.1. The van der Waals surface area contributed by atoms with E-state index in [0.29, 0.717) is 24.2 Å². The van der Waals surface area contributed by atoms with Gasteiger partial charge in [0.15, 0.2) is 11.4 Å². The van der Waals surface area contributed by atoms with Gasteiger partial charge in [-0.1, -0.05) is 24.3 Å². The molecule has 3 rings (SSSR count). The van der Waals surface area contributed by atoms with Crippen molar-refractivity contribution < 1.29 is 19.1 Å². The molecule has 0 aromatic heterocycles. The van der Waals surface area contributed by atoms with Crippen LogP contribution in [0.3, 0.4) is 0 Å². The lowest BCUT2D eigenvalue weighted by atomic mass is 9.93. The molecule has 122 valence electrons. The summed E-state index contributed by atoms with van der Waals surface area (Å²) >= 11 is 5.63. The van der Waals surface area contributed by atoms with E-state index >= 15 is 0 Å². The molecule has 1 fully saturated rings. The average Bonchev–Trinajstić information content (AvgIpc) is 3.07. The van der Waals surface area contributed by atoms with E-state index in [1.165, 1.54) is 0 Å². The third kappa shape index (κ3) is 2.88. The lowest BCUT2D eigenvalue weighted by molar-refractivity contribution is -0.152. The van der Waals surface area contributed by atoms with E-state index in [9.17, 15) is 9.59 Å². The van der Waals surface area contributed by atoms with E-state index in [-0.39, 0.29) is 12.3 Å². The fourth-order valence-corrected chi connectivity index (χ4v) is 3.50. The van der Waals surface area contributed by atoms with Crippen LogP contribution in [0.2, 0.25) is 0 Å². The van der Waals surface area contributed by atoms with Gasteiger partial charge in [0, 0.05) is 5.88 Å². The molecule has 0 N–H and O–H groups in total. The summed E-state index contributed by atoms with van der Waals surface area (Å²) in [5, 5.41) is 0. The Bertz CT molecular complexity index is 671. The summed E-state index contributed by atoms with van der Waals surface area (Å²) in [6.45, 7) is 1.92. The Morgan fingerprint density at radius 1 is 1.30 bits per heavy atom. The van der Waals surface area contributed by atoms with Gasteiger partial charge >= 0.3 is 11.9 Å². The highest BCUT2D eigenvalue weighted by atomic mass is 35.5. The molecule has 0 unspecified atom stereocenters. The minimum absolute atomic E-state index is 0.108. The summed E-state index contributed by atoms with van der Waals surface area (Å²) in [7, 11) is 0. The zero-order chi connectivity index (χ0) is 16.4. The molecular weight excluding hydrogens is 316 g/mol. The zero-order valence-corrected chi connectivity index (χ0v) is 13.8. The number of benzene rings is 1. The topological polar surface area (TPSA) is 52.6 Å². The van der Waals surface area contributed by atoms with Crippen LogP contribution in [0.4, 0.5) is 0 Å². The number of ether oxygens (including phenoxy) is 2. The number of hydrogen-bond donors (Lipinski definition) is 0. The maximum Gasteiger partial charge on any atom is 0.343 e. The van der Waals surface area contributed by atoms with Gasteiger partial charge < -0.3 is 9.47 Å². The van der Waals surface area contributed by atoms with E-state index in [4.69, 9.17) is 21.1 Å². The largest absolute Gasteiger partial charge is 0.447 e. The summed E-state index contributed by atoms with van der Waals surface area (Å²) in [6, 6.07) is 7.55. The summed E-state index contributed by atoms with van der Waals surface area (Å²) < 4.78 is 11.3. The lowest BCUT2D eigenvalue weighted by Gasteiger charge is -2.24. The lowest BCUT2D eigenvalue weighted by Crippen LogP contribution is -2.30. The number of carbonyl (C=O) groups excluding carboxylic acids is 2. The number of carbonyl (C=O) groups is 2. The van der Waals surface area contributed by atoms with Gasteiger partial charge in [0.25, 0.3) is 0 Å². The molecule has 1 heterocycles. The molecule has 1 spiro atoms. The maximum atomic E-state index is 12.5. The van der Waals surface area contributed by atoms with Crippen molar-refractivity contribution >= 4 is 29.1 Å². The minimum atomic E-state index is -0.781. The Balaban J connectivity index is 2.10. The Morgan fingerprint density at radius 2 is 2.00 bits per heavy atom. The number of rotatable bonds is 4. The molecule has 4 nitrogen and oxygen atoms in total. The fraction of sp³-hybridized carbons (Fsp3) is 0.444. The van der Waals surface area contributed by atoms with Crippen LogP contribution in [-0.4, -0.2) is 23.4 Å². The zero-order valence-electron chi connectivity index (χ0n) is 13.1. The standard InChI is InChI=1S/C18H19ClO4/c1-12-6-2-3-7-13(12)15-16(22-14(20)8-11-19)18(23-17(15)21)9-4-5-10-18/h2-3,6-7H,4-5,8-11H2,1H3. The predicted molar refractivity (Wildman–Crippen MR) is 86.8 cm³/mol. The molecule has 0 saturated heterocycles. The quantitative estimate of drug-likeness (QED) is 0.621. The number of esters is 2. The van der Waals surface area contributed by atoms with E-state index in [2.05, 4.69) is 0 Å². The molecule has 0 amide bonds. The SMILES string of the molecule is Cc1ccccc1C1=C(OC(=O)CCCl)C2(CCCC2)OC1=O. The van der Waals surface area contributed by atoms with Crippen molar-refractivity contribution in [1.82, 2.24) is 0 Å². The molecule has 0 bridgehead atoms. The van der Waals surface area contributed by atoms with E-state index in [1.54, 1.807) is 0 Å². The molecule has 23 heavy (non-hydrogen) atoms. The van der Waals surface area contributed by atoms with Crippen molar-refractivity contribution in [2.45, 2.75) is 44.6 Å². The predicted octanol–water partition coefficient (Wildman–Crippen LogP) is 3.75. The van der Waals surface area contributed by atoms with Gasteiger partial charge in [-0.25, -0.2) is 4.79 Å². The van der Waals surface area contributed by atoms with Crippen LogP contribution in [0.25, 0.3) is 5.57 Å². The minimum Gasteiger partial charge on any atom is -0.447 e. The van der Waals surface area contributed by atoms with E-state index in [1.807, 2.05) is 31.2 Å². The third-order valence-electron chi connectivity index (χ3n) is 4.47. The van der Waals surface area contributed by atoms with Gasteiger partial charge in [-0.2, -0.15) is 0 Å². The van der Waals surface area contributed by atoms with Crippen LogP contribution in [-0.2, 0) is 19.1 Å². The van der Waals surface area contributed by atoms with Crippen molar-refractivity contribution in [2.75, 3.05) is 5.88 Å². The van der Waals surface area contributed by atoms with Crippen LogP contribution in [0, 0.1) is 6.92 Å². The van der Waals surface area contributed by atoms with Gasteiger partial charge in [0.1, 0.15) is 5.57 Å². The number of aryl methyl sites for hydroxylation is 1. The Labute approximate surface area is 140 Å². The fourth-order valence-electron chi connectivity index (χ4n) is 3.34. The van der Waals surface area contributed by atoms with E-state index in [0.717, 1.165) is 24.0 Å². The second kappa shape index (κ2) is 6.36. The molecule has 0 atom stereocenters. The average molecular weight is 335 g/mol. The van der Waals surface area contributed by atoms with Gasteiger partial charge in [-0.05, 0) is 43.7 Å². The molecule has 5 heteroatoms. The monoisotopic (exact) mass is 334 g/mol. The van der Waals surface area contributed by atoms with Crippen LogP contribution in [0.5, 0.6) is 0 Å². The highest BCUT2D eigenvalue weighted by Crippen LogP contribution is 2.48. The van der Waals surface area contributed by atoms with Gasteiger partial charge in [-0.15, -0.1) is 11.6 Å². The van der Waals surface area contributed by atoms with Gasteiger partial charge in [0.05, 0.1) is 6.42 Å². The molecule has 1 aromatic carbocycles. The summed E-state index contributed by atoms with van der Waals surface area (Å²) in [5.41, 5.74) is 1.31. The molecule has 0 radical (unpaired) electrons. The van der Waals surface area contributed by atoms with Crippen molar-refractivity contribution in [3.05, 3.63) is 41.2 Å². The number of hydrogen-bond acceptors (Lipinski definition) is 4. The molecule has 1 saturated carbocycles. The Kier molecular flexibility index (Phi) is 4.44. The highest BCUT2D eigenvalue weighted by molar-refractivity contribution is 6.20. The normalized spacial score (nSPS) is 19.3. The highest BCUT2D eigenvalue weighted by Gasteiger charge is 2.52. The first-order valence-corrected chi connectivity index (χ1v) is 8.41. The molecule has 1 aliphatic heterocycles. The molecule has 1 aromatic rings. The third-order valence-corrected chi connectivity index (χ3v) is 4.66. The van der Waals surface area contributed by atoms with Crippen molar-refractivity contribution in [1.29, 1.82) is 0 Å². The molecule has 2 aliphatic rings. The smallest absolute Gasteiger partial charge is 0.343 e. The second-order valence-electron chi connectivity index (χ2n) is 6.02. The van der Waals surface area contributed by atoms with Crippen molar-refractivity contribution in [3.63, 3.8) is 0 Å². The first kappa shape index (κ1) is 16.1. The summed E-state index contributed by atoms with van der Waals surface area (Å²) in [4.78, 5) is 24.5. The second-order valence-corrected chi connectivity index (χ2v) is 6.40. The molecular formula is C18H19ClO4. The van der Waals surface area contributed by atoms with Crippen LogP contribution >= 0.6 is 11.6 Å².